The largest absolute Gasteiger partial charge is 0.496 e. The van der Waals surface area contributed by atoms with Gasteiger partial charge in [-0.1, -0.05) is 11.6 Å². The molecular formula is C18H17ClN2O5. The van der Waals surface area contributed by atoms with Crippen molar-refractivity contribution in [1.29, 1.82) is 0 Å². The predicted molar refractivity (Wildman–Crippen MR) is 95.2 cm³/mol. The van der Waals surface area contributed by atoms with E-state index < -0.39 is 0 Å². The van der Waals surface area contributed by atoms with Crippen LogP contribution < -0.4 is 24.8 Å². The highest BCUT2D eigenvalue weighted by atomic mass is 35.5. The van der Waals surface area contributed by atoms with Gasteiger partial charge in [0, 0.05) is 23.7 Å². The summed E-state index contributed by atoms with van der Waals surface area (Å²) in [7, 11) is 1.48. The maximum Gasteiger partial charge on any atom is 0.255 e. The number of nitrogens with one attached hydrogen (secondary N) is 2. The van der Waals surface area contributed by atoms with Crippen molar-refractivity contribution in [3.8, 4) is 17.2 Å². The van der Waals surface area contributed by atoms with Crippen molar-refractivity contribution in [2.24, 2.45) is 0 Å². The summed E-state index contributed by atoms with van der Waals surface area (Å²) in [6, 6.07) is 9.75. The molecule has 8 heteroatoms. The van der Waals surface area contributed by atoms with Crippen molar-refractivity contribution in [2.45, 2.75) is 0 Å². The van der Waals surface area contributed by atoms with E-state index in [-0.39, 0.29) is 31.7 Å². The molecule has 0 spiro atoms. The highest BCUT2D eigenvalue weighted by molar-refractivity contribution is 6.31. The van der Waals surface area contributed by atoms with Gasteiger partial charge in [0.1, 0.15) is 5.75 Å². The lowest BCUT2D eigenvalue weighted by Crippen LogP contribution is -2.34. The van der Waals surface area contributed by atoms with E-state index in [1.807, 2.05) is 0 Å². The fraction of sp³-hybridized carbons (Fsp3) is 0.222. The molecule has 136 valence electrons. The average Bonchev–Trinajstić information content (AvgIpc) is 3.12. The van der Waals surface area contributed by atoms with E-state index in [1.165, 1.54) is 13.2 Å². The Balaban J connectivity index is 1.50. The number of amides is 2. The van der Waals surface area contributed by atoms with E-state index >= 15 is 0 Å². The number of ether oxygens (including phenoxy) is 3. The van der Waals surface area contributed by atoms with Gasteiger partial charge < -0.3 is 24.8 Å². The summed E-state index contributed by atoms with van der Waals surface area (Å²) in [5, 5.41) is 5.88. The Morgan fingerprint density at radius 1 is 1.04 bits per heavy atom. The minimum atomic E-state index is -0.332. The van der Waals surface area contributed by atoms with Crippen LogP contribution in [-0.2, 0) is 0 Å². The van der Waals surface area contributed by atoms with Gasteiger partial charge in [0.15, 0.2) is 11.5 Å². The highest BCUT2D eigenvalue weighted by Crippen LogP contribution is 2.32. The summed E-state index contributed by atoms with van der Waals surface area (Å²) in [5.41, 5.74) is 0.791. The molecule has 2 aromatic carbocycles. The molecule has 3 rings (SSSR count). The monoisotopic (exact) mass is 376 g/mol. The normalized spacial score (nSPS) is 11.8. The molecule has 0 radical (unpaired) electrons. The summed E-state index contributed by atoms with van der Waals surface area (Å²) in [4.78, 5) is 24.4. The van der Waals surface area contributed by atoms with Crippen LogP contribution in [0.25, 0.3) is 0 Å². The summed E-state index contributed by atoms with van der Waals surface area (Å²) in [6.07, 6.45) is 0. The molecule has 0 aliphatic carbocycles. The van der Waals surface area contributed by atoms with Crippen LogP contribution in [0.2, 0.25) is 5.02 Å². The second-order valence-electron chi connectivity index (χ2n) is 5.42. The van der Waals surface area contributed by atoms with Gasteiger partial charge in [0.05, 0.1) is 12.7 Å². The first-order valence-corrected chi connectivity index (χ1v) is 8.26. The van der Waals surface area contributed by atoms with Gasteiger partial charge in [0.2, 0.25) is 6.79 Å². The minimum absolute atomic E-state index is 0.152. The molecular weight excluding hydrogens is 360 g/mol. The molecule has 2 N–H and O–H groups in total. The van der Waals surface area contributed by atoms with Gasteiger partial charge in [-0.15, -0.1) is 0 Å². The Bertz CT molecular complexity index is 840. The molecule has 0 unspecified atom stereocenters. The summed E-state index contributed by atoms with van der Waals surface area (Å²) in [5.74, 6) is 0.985. The van der Waals surface area contributed by atoms with Gasteiger partial charge in [-0.05, 0) is 36.4 Å². The first-order valence-electron chi connectivity index (χ1n) is 7.88. The van der Waals surface area contributed by atoms with Crippen molar-refractivity contribution in [3.63, 3.8) is 0 Å². The number of benzene rings is 2. The number of carbonyl (C=O) groups is 2. The van der Waals surface area contributed by atoms with E-state index in [2.05, 4.69) is 10.6 Å². The van der Waals surface area contributed by atoms with Crippen LogP contribution in [0.15, 0.2) is 36.4 Å². The first kappa shape index (κ1) is 17.9. The molecule has 2 amide bonds. The topological polar surface area (TPSA) is 85.9 Å². The molecule has 0 bridgehead atoms. The molecule has 0 aromatic heterocycles. The number of hydrogen-bond acceptors (Lipinski definition) is 5. The maximum absolute atomic E-state index is 12.2. The van der Waals surface area contributed by atoms with E-state index in [4.69, 9.17) is 25.8 Å². The number of halogens is 1. The van der Waals surface area contributed by atoms with Gasteiger partial charge in [-0.3, -0.25) is 9.59 Å². The lowest BCUT2D eigenvalue weighted by atomic mass is 10.2. The molecule has 0 saturated carbocycles. The van der Waals surface area contributed by atoms with Crippen LogP contribution in [0, 0.1) is 0 Å². The van der Waals surface area contributed by atoms with Crippen molar-refractivity contribution in [3.05, 3.63) is 52.5 Å². The van der Waals surface area contributed by atoms with E-state index in [0.29, 0.717) is 33.4 Å². The second kappa shape index (κ2) is 7.97. The molecule has 1 aliphatic rings. The van der Waals surface area contributed by atoms with Crippen LogP contribution >= 0.6 is 11.6 Å². The molecule has 0 saturated heterocycles. The molecule has 26 heavy (non-hydrogen) atoms. The summed E-state index contributed by atoms with van der Waals surface area (Å²) < 4.78 is 15.6. The van der Waals surface area contributed by atoms with E-state index in [1.54, 1.807) is 30.3 Å². The lowest BCUT2D eigenvalue weighted by molar-refractivity contribution is 0.0926. The van der Waals surface area contributed by atoms with Crippen molar-refractivity contribution < 1.29 is 23.8 Å². The number of hydrogen-bond donors (Lipinski definition) is 2. The van der Waals surface area contributed by atoms with Crippen LogP contribution in [0.1, 0.15) is 20.7 Å². The van der Waals surface area contributed by atoms with Crippen molar-refractivity contribution >= 4 is 23.4 Å². The standard InChI is InChI=1S/C18H17ClN2O5/c1-24-14-5-3-12(19)9-13(14)18(23)21-7-6-20-17(22)11-2-4-15-16(8-11)26-10-25-15/h2-5,8-9H,6-7,10H2,1H3,(H,20,22)(H,21,23). The Hall–Kier alpha value is -2.93. The van der Waals surface area contributed by atoms with Gasteiger partial charge in [0.25, 0.3) is 11.8 Å². The number of methoxy groups -OCH3 is 1. The number of carbonyl (C=O) groups excluding carboxylic acids is 2. The van der Waals surface area contributed by atoms with Crippen LogP contribution in [0.3, 0.4) is 0 Å². The Morgan fingerprint density at radius 2 is 1.77 bits per heavy atom. The molecule has 0 atom stereocenters. The SMILES string of the molecule is COc1ccc(Cl)cc1C(=O)NCCNC(=O)c1ccc2c(c1)OCO2. The smallest absolute Gasteiger partial charge is 0.255 e. The quantitative estimate of drug-likeness (QED) is 0.755. The van der Waals surface area contributed by atoms with E-state index in [9.17, 15) is 9.59 Å². The Labute approximate surface area is 155 Å². The minimum Gasteiger partial charge on any atom is -0.496 e. The molecule has 1 aliphatic heterocycles. The Morgan fingerprint density at radius 3 is 2.54 bits per heavy atom. The average molecular weight is 377 g/mol. The zero-order chi connectivity index (χ0) is 18.5. The molecule has 7 nitrogen and oxygen atoms in total. The lowest BCUT2D eigenvalue weighted by Gasteiger charge is -2.10. The summed E-state index contributed by atoms with van der Waals surface area (Å²) in [6.45, 7) is 0.673. The maximum atomic E-state index is 12.2. The molecule has 2 aromatic rings. The van der Waals surface area contributed by atoms with Crippen molar-refractivity contribution in [2.75, 3.05) is 27.0 Å². The van der Waals surface area contributed by atoms with Gasteiger partial charge >= 0.3 is 0 Å². The molecule has 1 heterocycles. The van der Waals surface area contributed by atoms with Gasteiger partial charge in [-0.25, -0.2) is 0 Å². The third kappa shape index (κ3) is 4.00. The van der Waals surface area contributed by atoms with Crippen LogP contribution in [0.4, 0.5) is 0 Å². The Kier molecular flexibility index (Phi) is 5.48. The number of fused-ring (bicyclic) bond motifs is 1. The first-order chi connectivity index (χ1) is 12.6. The fourth-order valence-corrected chi connectivity index (χ4v) is 2.62. The van der Waals surface area contributed by atoms with Crippen molar-refractivity contribution in [1.82, 2.24) is 10.6 Å². The van der Waals surface area contributed by atoms with Gasteiger partial charge in [-0.2, -0.15) is 0 Å². The molecule has 0 fully saturated rings. The zero-order valence-corrected chi connectivity index (χ0v) is 14.8. The van der Waals surface area contributed by atoms with Crippen LogP contribution in [-0.4, -0.2) is 38.8 Å². The third-order valence-electron chi connectivity index (χ3n) is 3.74. The number of rotatable bonds is 6. The predicted octanol–water partition coefficient (Wildman–Crippen LogP) is 2.24. The van der Waals surface area contributed by atoms with E-state index in [0.717, 1.165) is 0 Å². The zero-order valence-electron chi connectivity index (χ0n) is 14.0. The second-order valence-corrected chi connectivity index (χ2v) is 5.86. The third-order valence-corrected chi connectivity index (χ3v) is 3.97. The summed E-state index contributed by atoms with van der Waals surface area (Å²) >= 11 is 5.92. The van der Waals surface area contributed by atoms with Crippen LogP contribution in [0.5, 0.6) is 17.2 Å². The fourth-order valence-electron chi connectivity index (χ4n) is 2.44. The highest BCUT2D eigenvalue weighted by Gasteiger charge is 2.16.